The van der Waals surface area contributed by atoms with Gasteiger partial charge < -0.3 is 10.2 Å². The Balaban J connectivity index is 1.77. The molecule has 1 aromatic carbocycles. The third kappa shape index (κ3) is 2.17. The molecule has 0 spiro atoms. The summed E-state index contributed by atoms with van der Waals surface area (Å²) >= 11 is 9.30. The zero-order valence-electron chi connectivity index (χ0n) is 9.83. The van der Waals surface area contributed by atoms with Crippen LogP contribution in [0.4, 0.5) is 0 Å². The Morgan fingerprint density at radius 2 is 2.00 bits per heavy atom. The van der Waals surface area contributed by atoms with Crippen molar-refractivity contribution >= 4 is 33.4 Å². The highest BCUT2D eigenvalue weighted by Crippen LogP contribution is 2.29. The lowest BCUT2D eigenvalue weighted by atomic mass is 10.0. The van der Waals surface area contributed by atoms with E-state index in [1.807, 2.05) is 4.90 Å². The van der Waals surface area contributed by atoms with Gasteiger partial charge in [-0.2, -0.15) is 0 Å². The number of benzene rings is 1. The highest BCUT2D eigenvalue weighted by molar-refractivity contribution is 9.10. The normalized spacial score (nSPS) is 26.4. The van der Waals surface area contributed by atoms with E-state index in [4.69, 9.17) is 11.6 Å². The van der Waals surface area contributed by atoms with Crippen LogP contribution in [-0.4, -0.2) is 37.0 Å². The molecule has 2 heterocycles. The first-order chi connectivity index (χ1) is 8.65. The third-order valence-corrected chi connectivity index (χ3v) is 5.06. The zero-order valence-corrected chi connectivity index (χ0v) is 12.2. The minimum absolute atomic E-state index is 0.113. The van der Waals surface area contributed by atoms with Crippen LogP contribution in [0.25, 0.3) is 0 Å². The Morgan fingerprint density at radius 1 is 1.33 bits per heavy atom. The van der Waals surface area contributed by atoms with Gasteiger partial charge in [0, 0.05) is 36.2 Å². The van der Waals surface area contributed by atoms with Crippen LogP contribution in [0.3, 0.4) is 0 Å². The molecule has 2 aliphatic rings. The summed E-state index contributed by atoms with van der Waals surface area (Å²) in [6, 6.07) is 5.36. The van der Waals surface area contributed by atoms with Crippen molar-refractivity contribution in [2.24, 2.45) is 11.8 Å². The van der Waals surface area contributed by atoms with Crippen LogP contribution in [0.1, 0.15) is 10.4 Å². The van der Waals surface area contributed by atoms with Crippen LogP contribution in [0.15, 0.2) is 22.7 Å². The molecule has 0 aromatic heterocycles. The van der Waals surface area contributed by atoms with Gasteiger partial charge in [0.2, 0.25) is 0 Å². The zero-order chi connectivity index (χ0) is 12.7. The van der Waals surface area contributed by atoms with Gasteiger partial charge in [-0.1, -0.05) is 11.6 Å². The second-order valence-corrected chi connectivity index (χ2v) is 6.28. The molecular weight excluding hydrogens is 316 g/mol. The van der Waals surface area contributed by atoms with Crippen molar-refractivity contribution in [1.82, 2.24) is 10.2 Å². The van der Waals surface area contributed by atoms with Crippen LogP contribution in [-0.2, 0) is 0 Å². The van der Waals surface area contributed by atoms with Crippen LogP contribution in [0, 0.1) is 11.8 Å². The van der Waals surface area contributed by atoms with Gasteiger partial charge in [-0.25, -0.2) is 0 Å². The molecule has 0 radical (unpaired) electrons. The SMILES string of the molecule is O=C(c1ccc(Cl)c(Br)c1)N1CC2CNCC2C1. The van der Waals surface area contributed by atoms with E-state index in [-0.39, 0.29) is 5.91 Å². The molecule has 0 saturated carbocycles. The molecule has 2 atom stereocenters. The van der Waals surface area contributed by atoms with Crippen LogP contribution >= 0.6 is 27.5 Å². The van der Waals surface area contributed by atoms with E-state index in [9.17, 15) is 4.79 Å². The van der Waals surface area contributed by atoms with Crippen molar-refractivity contribution in [2.75, 3.05) is 26.2 Å². The molecule has 3 nitrogen and oxygen atoms in total. The number of hydrogen-bond acceptors (Lipinski definition) is 2. The number of carbonyl (C=O) groups excluding carboxylic acids is 1. The summed E-state index contributed by atoms with van der Waals surface area (Å²) in [5.41, 5.74) is 0.708. The molecule has 96 valence electrons. The monoisotopic (exact) mass is 328 g/mol. The van der Waals surface area contributed by atoms with Crippen LogP contribution in [0.5, 0.6) is 0 Å². The highest BCUT2D eigenvalue weighted by Gasteiger charge is 2.38. The van der Waals surface area contributed by atoms with E-state index in [1.165, 1.54) is 0 Å². The number of nitrogens with one attached hydrogen (secondary N) is 1. The van der Waals surface area contributed by atoms with Gasteiger partial charge in [-0.05, 0) is 46.0 Å². The van der Waals surface area contributed by atoms with Crippen molar-refractivity contribution in [3.05, 3.63) is 33.3 Å². The maximum Gasteiger partial charge on any atom is 0.253 e. The van der Waals surface area contributed by atoms with Gasteiger partial charge in [0.25, 0.3) is 5.91 Å². The van der Waals surface area contributed by atoms with Gasteiger partial charge in [0.15, 0.2) is 0 Å². The first kappa shape index (κ1) is 12.5. The standard InChI is InChI=1S/C13H14BrClN2O/c14-11-3-8(1-2-12(11)15)13(18)17-6-9-4-16-5-10(9)7-17/h1-3,9-10,16H,4-7H2. The molecule has 0 aliphatic carbocycles. The molecule has 2 aliphatic heterocycles. The molecule has 2 fully saturated rings. The molecular formula is C13H14BrClN2O. The fraction of sp³-hybridized carbons (Fsp3) is 0.462. The topological polar surface area (TPSA) is 32.3 Å². The fourth-order valence-corrected chi connectivity index (χ4v) is 3.33. The maximum absolute atomic E-state index is 12.4. The van der Waals surface area contributed by atoms with E-state index in [1.54, 1.807) is 18.2 Å². The number of likely N-dealkylation sites (tertiary alicyclic amines) is 1. The average Bonchev–Trinajstić information content (AvgIpc) is 2.92. The van der Waals surface area contributed by atoms with E-state index in [0.29, 0.717) is 22.4 Å². The smallest absolute Gasteiger partial charge is 0.253 e. The number of hydrogen-bond donors (Lipinski definition) is 1. The summed E-state index contributed by atoms with van der Waals surface area (Å²) in [5, 5.41) is 4.01. The average molecular weight is 330 g/mol. The highest BCUT2D eigenvalue weighted by atomic mass is 79.9. The second-order valence-electron chi connectivity index (χ2n) is 5.02. The molecule has 5 heteroatoms. The molecule has 3 rings (SSSR count). The van der Waals surface area contributed by atoms with E-state index in [0.717, 1.165) is 30.7 Å². The Labute approximate surface area is 120 Å². The lowest BCUT2D eigenvalue weighted by Crippen LogP contribution is -2.31. The molecule has 2 unspecified atom stereocenters. The summed E-state index contributed by atoms with van der Waals surface area (Å²) < 4.78 is 0.774. The molecule has 0 bridgehead atoms. The van der Waals surface area contributed by atoms with Crippen LogP contribution in [0.2, 0.25) is 5.02 Å². The predicted molar refractivity (Wildman–Crippen MR) is 74.9 cm³/mol. The molecule has 18 heavy (non-hydrogen) atoms. The van der Waals surface area contributed by atoms with Gasteiger partial charge in [-0.3, -0.25) is 4.79 Å². The first-order valence-electron chi connectivity index (χ1n) is 6.10. The van der Waals surface area contributed by atoms with E-state index < -0.39 is 0 Å². The molecule has 2 saturated heterocycles. The summed E-state index contributed by atoms with van der Waals surface area (Å²) in [6.07, 6.45) is 0. The largest absolute Gasteiger partial charge is 0.338 e. The fourth-order valence-electron chi connectivity index (χ4n) is 2.83. The summed E-state index contributed by atoms with van der Waals surface area (Å²) in [4.78, 5) is 14.3. The lowest BCUT2D eigenvalue weighted by Gasteiger charge is -2.17. The van der Waals surface area contributed by atoms with Crippen molar-refractivity contribution in [3.63, 3.8) is 0 Å². The third-order valence-electron chi connectivity index (χ3n) is 3.84. The molecule has 1 amide bonds. The summed E-state index contributed by atoms with van der Waals surface area (Å²) in [6.45, 7) is 3.82. The minimum atomic E-state index is 0.113. The summed E-state index contributed by atoms with van der Waals surface area (Å²) in [7, 11) is 0. The second kappa shape index (κ2) is 4.83. The Hall–Kier alpha value is -0.580. The predicted octanol–water partition coefficient (Wildman–Crippen LogP) is 2.39. The van der Waals surface area contributed by atoms with Gasteiger partial charge in [0.05, 0.1) is 5.02 Å². The molecule has 1 N–H and O–H groups in total. The minimum Gasteiger partial charge on any atom is -0.338 e. The van der Waals surface area contributed by atoms with E-state index >= 15 is 0 Å². The van der Waals surface area contributed by atoms with Crippen molar-refractivity contribution < 1.29 is 4.79 Å². The van der Waals surface area contributed by atoms with Crippen LogP contribution < -0.4 is 5.32 Å². The van der Waals surface area contributed by atoms with Crippen molar-refractivity contribution in [2.45, 2.75) is 0 Å². The quantitative estimate of drug-likeness (QED) is 0.858. The van der Waals surface area contributed by atoms with Crippen molar-refractivity contribution in [1.29, 1.82) is 0 Å². The number of halogens is 2. The number of amides is 1. The Morgan fingerprint density at radius 3 is 2.61 bits per heavy atom. The van der Waals surface area contributed by atoms with Gasteiger partial charge in [-0.15, -0.1) is 0 Å². The molecule has 1 aromatic rings. The number of nitrogens with zero attached hydrogens (tertiary/aromatic N) is 1. The van der Waals surface area contributed by atoms with E-state index in [2.05, 4.69) is 21.2 Å². The lowest BCUT2D eigenvalue weighted by molar-refractivity contribution is 0.0781. The number of fused-ring (bicyclic) bond motifs is 1. The number of carbonyl (C=O) groups is 1. The van der Waals surface area contributed by atoms with Crippen molar-refractivity contribution in [3.8, 4) is 0 Å². The Bertz CT molecular complexity index is 482. The van der Waals surface area contributed by atoms with Gasteiger partial charge in [0.1, 0.15) is 0 Å². The summed E-state index contributed by atoms with van der Waals surface area (Å²) in [5.74, 6) is 1.37. The first-order valence-corrected chi connectivity index (χ1v) is 7.27. The number of rotatable bonds is 1. The maximum atomic E-state index is 12.4. The Kier molecular flexibility index (Phi) is 3.34. The van der Waals surface area contributed by atoms with Gasteiger partial charge >= 0.3 is 0 Å².